The molecule has 0 radical (unpaired) electrons. The Hall–Kier alpha value is -1.40. The zero-order valence-corrected chi connectivity index (χ0v) is 16.4. The Morgan fingerprint density at radius 3 is 2.12 bits per heavy atom. The van der Waals surface area contributed by atoms with E-state index in [1.807, 2.05) is 20.8 Å². The Morgan fingerprint density at radius 1 is 1.12 bits per heavy atom. The number of benzene rings is 1. The van der Waals surface area contributed by atoms with Gasteiger partial charge in [0.05, 0.1) is 4.90 Å². The number of carbonyl (C=O) groups is 1. The average Bonchev–Trinajstić information content (AvgIpc) is 2.52. The summed E-state index contributed by atoms with van der Waals surface area (Å²) in [5.41, 5.74) is 0.496. The molecule has 6 heteroatoms. The van der Waals surface area contributed by atoms with Crippen molar-refractivity contribution in [2.24, 2.45) is 5.92 Å². The van der Waals surface area contributed by atoms with Crippen molar-refractivity contribution in [2.75, 3.05) is 7.05 Å². The maximum Gasteiger partial charge on any atom is 0.253 e. The van der Waals surface area contributed by atoms with E-state index in [1.54, 1.807) is 24.1 Å². The average molecular weight is 355 g/mol. The molecular weight excluding hydrogens is 324 g/mol. The monoisotopic (exact) mass is 354 g/mol. The Balaban J connectivity index is 2.89. The van der Waals surface area contributed by atoms with E-state index in [4.69, 9.17) is 0 Å². The molecule has 1 aromatic rings. The minimum absolute atomic E-state index is 0.0954. The molecule has 1 N–H and O–H groups in total. The van der Waals surface area contributed by atoms with Gasteiger partial charge in [-0.25, -0.2) is 13.1 Å². The summed E-state index contributed by atoms with van der Waals surface area (Å²) in [6.45, 7) is 10.0. The van der Waals surface area contributed by atoms with Crippen LogP contribution in [0, 0.1) is 5.92 Å². The predicted octanol–water partition coefficient (Wildman–Crippen LogP) is 3.27. The van der Waals surface area contributed by atoms with Crippen molar-refractivity contribution in [3.05, 3.63) is 29.8 Å². The fourth-order valence-electron chi connectivity index (χ4n) is 2.44. The molecule has 0 fully saturated rings. The van der Waals surface area contributed by atoms with Gasteiger partial charge in [0.25, 0.3) is 5.91 Å². The first kappa shape index (κ1) is 20.6. The van der Waals surface area contributed by atoms with Gasteiger partial charge in [0.15, 0.2) is 0 Å². The molecule has 0 heterocycles. The standard InChI is InChI=1S/C18H30N2O3S/c1-7-14(4)19-24(22,23)17-10-8-16(9-11-17)18(21)20(6)15(5)12-13(2)3/h8-11,13-15,19H,7,12H2,1-6H3/t14-,15-/m0/s1. The van der Waals surface area contributed by atoms with Gasteiger partial charge in [-0.3, -0.25) is 4.79 Å². The Labute approximate surface area is 146 Å². The second kappa shape index (κ2) is 8.62. The first-order valence-corrected chi connectivity index (χ1v) is 9.96. The Morgan fingerprint density at radius 2 is 1.67 bits per heavy atom. The quantitative estimate of drug-likeness (QED) is 0.779. The van der Waals surface area contributed by atoms with Crippen LogP contribution in [-0.2, 0) is 10.0 Å². The number of sulfonamides is 1. The molecule has 0 unspecified atom stereocenters. The van der Waals surface area contributed by atoms with Crippen molar-refractivity contribution in [1.29, 1.82) is 0 Å². The first-order chi connectivity index (χ1) is 11.1. The molecule has 0 saturated heterocycles. The summed E-state index contributed by atoms with van der Waals surface area (Å²) < 4.78 is 27.1. The lowest BCUT2D eigenvalue weighted by molar-refractivity contribution is 0.0728. The van der Waals surface area contributed by atoms with E-state index in [0.29, 0.717) is 17.9 Å². The third-order valence-electron chi connectivity index (χ3n) is 4.17. The van der Waals surface area contributed by atoms with Crippen LogP contribution in [-0.4, -0.2) is 38.4 Å². The highest BCUT2D eigenvalue weighted by Gasteiger charge is 2.20. The van der Waals surface area contributed by atoms with Gasteiger partial charge in [-0.2, -0.15) is 0 Å². The third-order valence-corrected chi connectivity index (χ3v) is 5.78. The lowest BCUT2D eigenvalue weighted by atomic mass is 10.0. The van der Waals surface area contributed by atoms with Crippen molar-refractivity contribution in [1.82, 2.24) is 9.62 Å². The van der Waals surface area contributed by atoms with Crippen LogP contribution >= 0.6 is 0 Å². The summed E-state index contributed by atoms with van der Waals surface area (Å²) in [6, 6.07) is 6.13. The highest BCUT2D eigenvalue weighted by atomic mass is 32.2. The molecule has 1 rings (SSSR count). The second-order valence-corrected chi connectivity index (χ2v) is 8.56. The number of hydrogen-bond acceptors (Lipinski definition) is 3. The number of amides is 1. The van der Waals surface area contributed by atoms with E-state index in [2.05, 4.69) is 18.6 Å². The van der Waals surface area contributed by atoms with E-state index >= 15 is 0 Å². The second-order valence-electron chi connectivity index (χ2n) is 6.85. The van der Waals surface area contributed by atoms with Crippen molar-refractivity contribution >= 4 is 15.9 Å². The first-order valence-electron chi connectivity index (χ1n) is 8.48. The van der Waals surface area contributed by atoms with Crippen molar-refractivity contribution in [3.8, 4) is 0 Å². The topological polar surface area (TPSA) is 66.5 Å². The molecule has 1 amide bonds. The molecule has 24 heavy (non-hydrogen) atoms. The molecule has 2 atom stereocenters. The largest absolute Gasteiger partial charge is 0.339 e. The smallest absolute Gasteiger partial charge is 0.253 e. The number of rotatable bonds is 8. The third kappa shape index (κ3) is 5.60. The van der Waals surface area contributed by atoms with E-state index in [0.717, 1.165) is 6.42 Å². The summed E-state index contributed by atoms with van der Waals surface area (Å²) >= 11 is 0. The SMILES string of the molecule is CC[C@H](C)NS(=O)(=O)c1ccc(C(=O)N(C)[C@@H](C)CC(C)C)cc1. The highest BCUT2D eigenvalue weighted by Crippen LogP contribution is 2.16. The van der Waals surface area contributed by atoms with Crippen LogP contribution in [0.25, 0.3) is 0 Å². The van der Waals surface area contributed by atoms with E-state index in [9.17, 15) is 13.2 Å². The van der Waals surface area contributed by atoms with Crippen LogP contribution in [0.1, 0.15) is 57.8 Å². The molecular formula is C18H30N2O3S. The van der Waals surface area contributed by atoms with Gasteiger partial charge >= 0.3 is 0 Å². The van der Waals surface area contributed by atoms with Crippen molar-refractivity contribution in [3.63, 3.8) is 0 Å². The fourth-order valence-corrected chi connectivity index (χ4v) is 3.76. The molecule has 136 valence electrons. The number of nitrogens with zero attached hydrogens (tertiary/aromatic N) is 1. The Kier molecular flexibility index (Phi) is 7.42. The molecule has 0 bridgehead atoms. The highest BCUT2D eigenvalue weighted by molar-refractivity contribution is 7.89. The van der Waals surface area contributed by atoms with Crippen LogP contribution in [0.3, 0.4) is 0 Å². The molecule has 0 spiro atoms. The van der Waals surface area contributed by atoms with E-state index in [-0.39, 0.29) is 22.9 Å². The van der Waals surface area contributed by atoms with Gasteiger partial charge in [-0.1, -0.05) is 20.8 Å². The summed E-state index contributed by atoms with van der Waals surface area (Å²) in [5, 5.41) is 0. The van der Waals surface area contributed by atoms with Crippen molar-refractivity contribution < 1.29 is 13.2 Å². The predicted molar refractivity (Wildman–Crippen MR) is 97.5 cm³/mol. The molecule has 0 aliphatic rings. The lowest BCUT2D eigenvalue weighted by Gasteiger charge is -2.26. The zero-order valence-electron chi connectivity index (χ0n) is 15.5. The van der Waals surface area contributed by atoms with Crippen LogP contribution in [0.4, 0.5) is 0 Å². The maximum atomic E-state index is 12.5. The lowest BCUT2D eigenvalue weighted by Crippen LogP contribution is -2.36. The molecule has 0 saturated carbocycles. The molecule has 0 aliphatic carbocycles. The van der Waals surface area contributed by atoms with Crippen LogP contribution in [0.2, 0.25) is 0 Å². The summed E-state index contributed by atoms with van der Waals surface area (Å²) in [4.78, 5) is 14.4. The van der Waals surface area contributed by atoms with Gasteiger partial charge in [0.2, 0.25) is 10.0 Å². The molecule has 0 aromatic heterocycles. The van der Waals surface area contributed by atoms with Crippen LogP contribution < -0.4 is 4.72 Å². The molecule has 0 aliphatic heterocycles. The van der Waals surface area contributed by atoms with Crippen LogP contribution in [0.5, 0.6) is 0 Å². The zero-order chi connectivity index (χ0) is 18.5. The van der Waals surface area contributed by atoms with Crippen LogP contribution in [0.15, 0.2) is 29.2 Å². The number of hydrogen-bond donors (Lipinski definition) is 1. The number of carbonyl (C=O) groups excluding carboxylic acids is 1. The van der Waals surface area contributed by atoms with Gasteiger partial charge in [-0.05, 0) is 56.9 Å². The van der Waals surface area contributed by atoms with Gasteiger partial charge in [0.1, 0.15) is 0 Å². The van der Waals surface area contributed by atoms with E-state index in [1.165, 1.54) is 12.1 Å². The van der Waals surface area contributed by atoms with Crippen molar-refractivity contribution in [2.45, 2.75) is 64.4 Å². The van der Waals surface area contributed by atoms with Gasteiger partial charge < -0.3 is 4.90 Å². The molecule has 5 nitrogen and oxygen atoms in total. The van der Waals surface area contributed by atoms with E-state index < -0.39 is 10.0 Å². The van der Waals surface area contributed by atoms with Gasteiger partial charge in [0, 0.05) is 24.7 Å². The normalized spacial score (nSPS) is 14.5. The summed E-state index contributed by atoms with van der Waals surface area (Å²) in [6.07, 6.45) is 1.64. The Bertz CT molecular complexity index is 639. The van der Waals surface area contributed by atoms with Gasteiger partial charge in [-0.15, -0.1) is 0 Å². The maximum absolute atomic E-state index is 12.5. The number of nitrogens with one attached hydrogen (secondary N) is 1. The fraction of sp³-hybridized carbons (Fsp3) is 0.611. The minimum atomic E-state index is -3.54. The summed E-state index contributed by atoms with van der Waals surface area (Å²) in [7, 11) is -1.76. The minimum Gasteiger partial charge on any atom is -0.339 e. The molecule has 1 aromatic carbocycles. The summed E-state index contributed by atoms with van der Waals surface area (Å²) in [5.74, 6) is 0.413.